The maximum Gasteiger partial charge on any atom is 0.225 e. The number of pyridine rings is 1. The van der Waals surface area contributed by atoms with Crippen molar-refractivity contribution in [1.29, 1.82) is 0 Å². The Balaban J connectivity index is 1.64. The summed E-state index contributed by atoms with van der Waals surface area (Å²) in [6, 6.07) is 6.84. The van der Waals surface area contributed by atoms with Gasteiger partial charge in [-0.05, 0) is 38.1 Å². The maximum atomic E-state index is 14.0. The Morgan fingerprint density at radius 3 is 2.55 bits per heavy atom. The van der Waals surface area contributed by atoms with Gasteiger partial charge in [0, 0.05) is 19.5 Å². The average Bonchev–Trinajstić information content (AvgIpc) is 3.36. The number of halogens is 2. The van der Waals surface area contributed by atoms with Gasteiger partial charge in [-0.1, -0.05) is 6.07 Å². The molecule has 0 fully saturated rings. The molecule has 4 aromatic rings. The molecule has 1 N–H and O–H groups in total. The highest BCUT2D eigenvalue weighted by Gasteiger charge is 2.36. The van der Waals surface area contributed by atoms with Gasteiger partial charge in [-0.25, -0.2) is 13.8 Å². The molecular weight excluding hydrogens is 434 g/mol. The molecule has 0 radical (unpaired) electrons. The quantitative estimate of drug-likeness (QED) is 0.403. The summed E-state index contributed by atoms with van der Waals surface area (Å²) < 4.78 is 40.6. The largest absolute Gasteiger partial charge is 0.485 e. The maximum absolute atomic E-state index is 14.0. The third kappa shape index (κ3) is 4.21. The third-order valence-electron chi connectivity index (χ3n) is 5.43. The van der Waals surface area contributed by atoms with Crippen molar-refractivity contribution in [2.45, 2.75) is 39.2 Å². The number of ether oxygens (including phenoxy) is 1. The Morgan fingerprint density at radius 1 is 1.18 bits per heavy atom. The minimum Gasteiger partial charge on any atom is -0.485 e. The molecule has 4 rings (SSSR count). The number of Topliss-reactive ketones (excluding diaryl/α,β-unsaturated/α-hetero) is 1. The van der Waals surface area contributed by atoms with Crippen LogP contribution in [0.4, 0.5) is 8.78 Å². The van der Waals surface area contributed by atoms with E-state index in [1.165, 1.54) is 6.07 Å². The summed E-state index contributed by atoms with van der Waals surface area (Å²) in [6.07, 6.45) is 1.54. The molecule has 0 spiro atoms. The normalized spacial score (nSPS) is 13.3. The van der Waals surface area contributed by atoms with Crippen molar-refractivity contribution in [1.82, 2.24) is 19.6 Å². The van der Waals surface area contributed by atoms with Crippen LogP contribution in [0.5, 0.6) is 5.75 Å². The lowest BCUT2D eigenvalue weighted by Crippen LogP contribution is -2.31. The van der Waals surface area contributed by atoms with Crippen LogP contribution in [0.2, 0.25) is 0 Å². The summed E-state index contributed by atoms with van der Waals surface area (Å²) >= 11 is 0. The molecule has 0 saturated heterocycles. The number of nitrogens with zero attached hydrogens (tertiary/aromatic N) is 4. The van der Waals surface area contributed by atoms with E-state index in [4.69, 9.17) is 9.15 Å². The van der Waals surface area contributed by atoms with Crippen LogP contribution in [0.1, 0.15) is 46.9 Å². The molecule has 1 atom stereocenters. The van der Waals surface area contributed by atoms with Crippen LogP contribution < -0.4 is 4.74 Å². The summed E-state index contributed by atoms with van der Waals surface area (Å²) in [4.78, 5) is 17.7. The molecule has 0 aliphatic carbocycles. The molecule has 1 unspecified atom stereocenters. The van der Waals surface area contributed by atoms with E-state index in [1.54, 1.807) is 43.5 Å². The first-order valence-electron chi connectivity index (χ1n) is 10.2. The number of aliphatic hydroxyl groups is 1. The number of fused-ring (bicyclic) bond motifs is 1. The zero-order valence-electron chi connectivity index (χ0n) is 18.3. The second kappa shape index (κ2) is 8.70. The van der Waals surface area contributed by atoms with Crippen molar-refractivity contribution in [3.8, 4) is 5.75 Å². The van der Waals surface area contributed by atoms with Gasteiger partial charge in [0.2, 0.25) is 11.8 Å². The van der Waals surface area contributed by atoms with Gasteiger partial charge in [-0.3, -0.25) is 9.20 Å². The van der Waals surface area contributed by atoms with Crippen LogP contribution in [-0.2, 0) is 12.0 Å². The second-order valence-electron chi connectivity index (χ2n) is 8.05. The smallest absolute Gasteiger partial charge is 0.225 e. The number of ketones is 1. The number of imidazole rings is 1. The average molecular weight is 456 g/mol. The molecule has 10 heteroatoms. The SMILES string of the molecule is Cc1nnc(C(C)(CO)CC(=O)c2c(C)nc3c(OCc4c(F)cccc4F)cccn23)o1. The van der Waals surface area contributed by atoms with Crippen molar-refractivity contribution in [2.24, 2.45) is 0 Å². The summed E-state index contributed by atoms with van der Waals surface area (Å²) in [7, 11) is 0. The number of hydrogen-bond donors (Lipinski definition) is 1. The Hall–Kier alpha value is -3.66. The zero-order valence-corrected chi connectivity index (χ0v) is 18.3. The van der Waals surface area contributed by atoms with E-state index in [-0.39, 0.29) is 42.6 Å². The number of aromatic nitrogens is 4. The third-order valence-corrected chi connectivity index (χ3v) is 5.43. The summed E-state index contributed by atoms with van der Waals surface area (Å²) in [5.74, 6) is -0.965. The fourth-order valence-corrected chi connectivity index (χ4v) is 3.60. The van der Waals surface area contributed by atoms with E-state index < -0.39 is 17.0 Å². The molecule has 0 aliphatic rings. The zero-order chi connectivity index (χ0) is 23.8. The molecule has 0 saturated carbocycles. The minimum atomic E-state index is -1.08. The number of carbonyl (C=O) groups excluding carboxylic acids is 1. The van der Waals surface area contributed by atoms with E-state index in [0.29, 0.717) is 22.9 Å². The number of carbonyl (C=O) groups is 1. The van der Waals surface area contributed by atoms with Gasteiger partial charge in [0.15, 0.2) is 17.2 Å². The van der Waals surface area contributed by atoms with Gasteiger partial charge in [0.25, 0.3) is 0 Å². The van der Waals surface area contributed by atoms with Gasteiger partial charge < -0.3 is 14.3 Å². The van der Waals surface area contributed by atoms with Gasteiger partial charge in [-0.2, -0.15) is 0 Å². The van der Waals surface area contributed by atoms with Gasteiger partial charge in [0.05, 0.1) is 23.3 Å². The molecule has 1 aromatic carbocycles. The second-order valence-corrected chi connectivity index (χ2v) is 8.05. The van der Waals surface area contributed by atoms with Gasteiger partial charge in [-0.15, -0.1) is 10.2 Å². The van der Waals surface area contributed by atoms with Crippen molar-refractivity contribution in [2.75, 3.05) is 6.61 Å². The molecule has 3 heterocycles. The standard InChI is InChI=1S/C23H22F2N4O4/c1-13-20(18(31)10-23(3,12-30)22-28-27-14(2)33-22)29-9-5-8-19(21(29)26-13)32-11-15-16(24)6-4-7-17(15)25/h4-9,30H,10-12H2,1-3H3. The number of benzene rings is 1. The molecule has 8 nitrogen and oxygen atoms in total. The Labute approximate surface area is 187 Å². The molecule has 0 bridgehead atoms. The molecular formula is C23H22F2N4O4. The Bertz CT molecular complexity index is 1310. The van der Waals surface area contributed by atoms with Crippen LogP contribution in [0.15, 0.2) is 40.9 Å². The Kier molecular flexibility index (Phi) is 5.94. The first-order chi connectivity index (χ1) is 15.7. The van der Waals surface area contributed by atoms with E-state index in [2.05, 4.69) is 15.2 Å². The fourth-order valence-electron chi connectivity index (χ4n) is 3.60. The molecule has 3 aromatic heterocycles. The molecule has 172 valence electrons. The highest BCUT2D eigenvalue weighted by atomic mass is 19.1. The van der Waals surface area contributed by atoms with Crippen molar-refractivity contribution in [3.63, 3.8) is 0 Å². The monoisotopic (exact) mass is 456 g/mol. The number of hydrogen-bond acceptors (Lipinski definition) is 7. The van der Waals surface area contributed by atoms with Crippen LogP contribution in [0, 0.1) is 25.5 Å². The molecule has 0 amide bonds. The van der Waals surface area contributed by atoms with Crippen molar-refractivity contribution in [3.05, 3.63) is 76.9 Å². The van der Waals surface area contributed by atoms with Crippen molar-refractivity contribution < 1.29 is 27.8 Å². The van der Waals surface area contributed by atoms with Crippen LogP contribution in [-0.4, -0.2) is 37.1 Å². The minimum absolute atomic E-state index is 0.106. The highest BCUT2D eigenvalue weighted by Crippen LogP contribution is 2.30. The Morgan fingerprint density at radius 2 is 1.91 bits per heavy atom. The predicted molar refractivity (Wildman–Crippen MR) is 113 cm³/mol. The topological polar surface area (TPSA) is 103 Å². The highest BCUT2D eigenvalue weighted by molar-refractivity contribution is 5.97. The number of aryl methyl sites for hydroxylation is 2. The van der Waals surface area contributed by atoms with Crippen LogP contribution in [0.3, 0.4) is 0 Å². The number of aliphatic hydroxyl groups excluding tert-OH is 1. The van der Waals surface area contributed by atoms with E-state index in [1.807, 2.05) is 0 Å². The predicted octanol–water partition coefficient (Wildman–Crippen LogP) is 3.71. The summed E-state index contributed by atoms with van der Waals surface area (Å²) in [6.45, 7) is 4.24. The van der Waals surface area contributed by atoms with Gasteiger partial charge in [0.1, 0.15) is 23.9 Å². The van der Waals surface area contributed by atoms with E-state index >= 15 is 0 Å². The lowest BCUT2D eigenvalue weighted by atomic mass is 9.84. The first kappa shape index (κ1) is 22.5. The van der Waals surface area contributed by atoms with Crippen molar-refractivity contribution >= 4 is 11.4 Å². The summed E-state index contributed by atoms with van der Waals surface area (Å²) in [5, 5.41) is 17.7. The van der Waals surface area contributed by atoms with Gasteiger partial charge >= 0.3 is 0 Å². The summed E-state index contributed by atoms with van der Waals surface area (Å²) in [5.41, 5.74) is -0.216. The molecule has 33 heavy (non-hydrogen) atoms. The number of rotatable bonds is 8. The lowest BCUT2D eigenvalue weighted by molar-refractivity contribution is 0.0888. The lowest BCUT2D eigenvalue weighted by Gasteiger charge is -2.22. The fraction of sp³-hybridized carbons (Fsp3) is 0.304. The molecule has 0 aliphatic heterocycles. The van der Waals surface area contributed by atoms with E-state index in [9.17, 15) is 18.7 Å². The van der Waals surface area contributed by atoms with E-state index in [0.717, 1.165) is 12.1 Å². The van der Waals surface area contributed by atoms with Crippen LogP contribution >= 0.6 is 0 Å². The van der Waals surface area contributed by atoms with Crippen LogP contribution in [0.25, 0.3) is 5.65 Å². The first-order valence-corrected chi connectivity index (χ1v) is 10.2.